The van der Waals surface area contributed by atoms with E-state index in [-0.39, 0.29) is 45.5 Å². The maximum atomic E-state index is 12.6. The van der Waals surface area contributed by atoms with Crippen molar-refractivity contribution in [2.75, 3.05) is 77.9 Å². The fourth-order valence-electron chi connectivity index (χ4n) is 6.78. The molecule has 22 heteroatoms. The number of amides is 6. The second-order valence-electron chi connectivity index (χ2n) is 21.0. The third kappa shape index (κ3) is 17.5. The van der Waals surface area contributed by atoms with Gasteiger partial charge in [0.2, 0.25) is 11.8 Å². The number of anilines is 4. The Morgan fingerprint density at radius 2 is 0.756 bits per heavy atom. The summed E-state index contributed by atoms with van der Waals surface area (Å²) >= 11 is 0. The third-order valence-corrected chi connectivity index (χ3v) is 12.9. The van der Waals surface area contributed by atoms with Gasteiger partial charge in [-0.15, -0.1) is 0 Å². The summed E-state index contributed by atoms with van der Waals surface area (Å²) in [6.07, 6.45) is 3.74. The van der Waals surface area contributed by atoms with Crippen LogP contribution in [0.3, 0.4) is 0 Å². The van der Waals surface area contributed by atoms with Gasteiger partial charge in [-0.05, 0) is 49.9 Å². The molecule has 4 heterocycles. The monoisotopic (exact) mass is 1090 g/mol. The Labute approximate surface area is 458 Å². The lowest BCUT2D eigenvalue weighted by molar-refractivity contribution is 0.100. The van der Waals surface area contributed by atoms with Crippen molar-refractivity contribution >= 4 is 47.3 Å². The Kier molecular flexibility index (Phi) is 23.4. The molecule has 22 nitrogen and oxygen atoms in total. The molecule has 0 bridgehead atoms. The summed E-state index contributed by atoms with van der Waals surface area (Å²) in [5.74, 6) is 3.95. The van der Waals surface area contributed by atoms with Crippen LogP contribution in [0.5, 0.6) is 23.0 Å². The molecule has 4 aromatic heterocycles. The molecule has 4 N–H and O–H groups in total. The van der Waals surface area contributed by atoms with Crippen LogP contribution in [0.2, 0.25) is 0 Å². The van der Waals surface area contributed by atoms with E-state index in [4.69, 9.17) is 37.0 Å². The van der Waals surface area contributed by atoms with Gasteiger partial charge in [0.15, 0.2) is 11.6 Å². The first-order valence-electron chi connectivity index (χ1n) is 25.5. The highest BCUT2D eigenvalue weighted by Gasteiger charge is 2.30. The van der Waals surface area contributed by atoms with Crippen LogP contribution in [0.15, 0.2) is 78.8 Å². The summed E-state index contributed by atoms with van der Waals surface area (Å²) in [7, 11) is 12.7. The van der Waals surface area contributed by atoms with Crippen LogP contribution in [0.25, 0.3) is 0 Å². The minimum atomic E-state index is -0.373. The number of urea groups is 2. The van der Waals surface area contributed by atoms with E-state index in [9.17, 15) is 19.2 Å². The number of aromatic nitrogens is 4. The Morgan fingerprint density at radius 1 is 0.462 bits per heavy atom. The van der Waals surface area contributed by atoms with Crippen molar-refractivity contribution < 1.29 is 56.2 Å². The highest BCUT2D eigenvalue weighted by molar-refractivity contribution is 6.08. The van der Waals surface area contributed by atoms with Gasteiger partial charge in [0.05, 0.1) is 39.8 Å². The Hall–Kier alpha value is -8.04. The molecule has 0 aliphatic rings. The maximum absolute atomic E-state index is 12.6. The fraction of sp³-hybridized carbons (Fsp3) is 0.500. The van der Waals surface area contributed by atoms with Gasteiger partial charge in [-0.1, -0.05) is 116 Å². The number of ether oxygens (including phenoxy) is 4. The van der Waals surface area contributed by atoms with Crippen molar-refractivity contribution in [3.63, 3.8) is 0 Å². The van der Waals surface area contributed by atoms with Gasteiger partial charge >= 0.3 is 12.1 Å². The molecule has 0 saturated carbocycles. The number of carbonyl (C=O) groups is 4. The van der Waals surface area contributed by atoms with Crippen molar-refractivity contribution in [1.82, 2.24) is 30.4 Å². The minimum absolute atomic E-state index is 0.0748. The molecule has 78 heavy (non-hydrogen) atoms. The standard InChI is InChI=1S/2C18H24N2O4.2C10H17N3O2/c2*1-6-18(3,7-2)14-11-15(24-20-14)19-17(21)16-12(22-4)9-8-10-13(16)23-5;2*1-10(2,3)7-6-8(12-15-7)11-9(14)13(4)5/h2*8-11H,6-7H2,1-5H3,(H,19,21);2*6H,1-5H3,(H,11,12,14). The van der Waals surface area contributed by atoms with Gasteiger partial charge < -0.3 is 46.8 Å². The molecule has 0 spiro atoms. The number of benzene rings is 2. The average molecular weight is 1090 g/mol. The van der Waals surface area contributed by atoms with Gasteiger partial charge in [-0.3, -0.25) is 30.9 Å². The van der Waals surface area contributed by atoms with Gasteiger partial charge in [0.25, 0.3) is 11.8 Å². The van der Waals surface area contributed by atoms with Crippen molar-refractivity contribution in [1.29, 1.82) is 0 Å². The third-order valence-electron chi connectivity index (χ3n) is 12.9. The molecule has 6 amide bonds. The van der Waals surface area contributed by atoms with Crippen LogP contribution < -0.4 is 40.2 Å². The molecule has 0 unspecified atom stereocenters. The lowest BCUT2D eigenvalue weighted by atomic mass is 9.81. The highest BCUT2D eigenvalue weighted by atomic mass is 16.5. The Morgan fingerprint density at radius 3 is 0.987 bits per heavy atom. The molecule has 0 radical (unpaired) electrons. The molecule has 2 aromatic carbocycles. The van der Waals surface area contributed by atoms with Crippen molar-refractivity contribution in [2.45, 2.75) is 130 Å². The van der Waals surface area contributed by atoms with E-state index in [2.05, 4.69) is 83.4 Å². The summed E-state index contributed by atoms with van der Waals surface area (Å²) in [6.45, 7) is 24.8. The van der Waals surface area contributed by atoms with Crippen LogP contribution in [0, 0.1) is 0 Å². The Bertz CT molecular complexity index is 2620. The molecule has 0 aliphatic carbocycles. The predicted octanol–water partition coefficient (Wildman–Crippen LogP) is 12.2. The first kappa shape index (κ1) is 64.2. The summed E-state index contributed by atoms with van der Waals surface area (Å²) in [5.41, 5.74) is 1.93. The normalized spacial score (nSPS) is 11.2. The van der Waals surface area contributed by atoms with E-state index in [1.165, 1.54) is 38.2 Å². The quantitative estimate of drug-likeness (QED) is 0.0702. The summed E-state index contributed by atoms with van der Waals surface area (Å²) in [4.78, 5) is 50.7. The zero-order chi connectivity index (χ0) is 58.8. The second-order valence-corrected chi connectivity index (χ2v) is 21.0. The highest BCUT2D eigenvalue weighted by Crippen LogP contribution is 2.35. The Balaban J connectivity index is 0.000000280. The lowest BCUT2D eigenvalue weighted by Gasteiger charge is -2.22. The molecule has 0 fully saturated rings. The van der Waals surface area contributed by atoms with E-state index in [1.807, 2.05) is 41.5 Å². The second kappa shape index (κ2) is 28.4. The van der Waals surface area contributed by atoms with E-state index < -0.39 is 0 Å². The van der Waals surface area contributed by atoms with Crippen LogP contribution in [-0.4, -0.2) is 111 Å². The van der Waals surface area contributed by atoms with Gasteiger partial charge in [0.1, 0.15) is 45.6 Å². The lowest BCUT2D eigenvalue weighted by Crippen LogP contribution is -2.27. The number of carbonyl (C=O) groups excluding carboxylic acids is 4. The number of nitrogens with one attached hydrogen (secondary N) is 4. The molecule has 6 rings (SSSR count). The van der Waals surface area contributed by atoms with E-state index >= 15 is 0 Å². The molecular weight excluding hydrogens is 1000 g/mol. The number of methoxy groups -OCH3 is 4. The van der Waals surface area contributed by atoms with Crippen molar-refractivity contribution in [2.24, 2.45) is 0 Å². The van der Waals surface area contributed by atoms with E-state index in [1.54, 1.807) is 88.9 Å². The predicted molar refractivity (Wildman–Crippen MR) is 300 cm³/mol. The summed E-state index contributed by atoms with van der Waals surface area (Å²) in [6, 6.07) is 16.9. The fourth-order valence-corrected chi connectivity index (χ4v) is 6.78. The van der Waals surface area contributed by atoms with E-state index in [0.717, 1.165) is 48.6 Å². The molecular formula is C56H82N10O12. The van der Waals surface area contributed by atoms with Crippen molar-refractivity contribution in [3.05, 3.63) is 94.7 Å². The van der Waals surface area contributed by atoms with Gasteiger partial charge in [-0.2, -0.15) is 0 Å². The van der Waals surface area contributed by atoms with Crippen LogP contribution in [0.4, 0.5) is 33.0 Å². The van der Waals surface area contributed by atoms with Crippen molar-refractivity contribution in [3.8, 4) is 23.0 Å². The SMILES string of the molecule is CCC(C)(CC)c1cc(NC(=O)c2c(OC)cccc2OC)on1.CCC(C)(CC)c1cc(NC(=O)c2c(OC)cccc2OC)on1.CN(C)C(=O)Nc1cc(C(C)(C)C)on1.CN(C)C(=O)Nc1cc(C(C)(C)C)on1. The van der Waals surface area contributed by atoms with Gasteiger partial charge in [-0.25, -0.2) is 9.59 Å². The average Bonchev–Trinajstić information content (AvgIpc) is 4.28. The molecule has 428 valence electrons. The first-order chi connectivity index (χ1) is 36.6. The van der Waals surface area contributed by atoms with Gasteiger partial charge in [0, 0.05) is 74.1 Å². The van der Waals surface area contributed by atoms with E-state index in [0.29, 0.717) is 57.5 Å². The zero-order valence-electron chi connectivity index (χ0n) is 49.2. The molecule has 0 atom stereocenters. The molecule has 0 aliphatic heterocycles. The molecule has 6 aromatic rings. The summed E-state index contributed by atoms with van der Waals surface area (Å²) < 4.78 is 41.8. The van der Waals surface area contributed by atoms with Crippen LogP contribution >= 0.6 is 0 Å². The number of rotatable bonds is 16. The van der Waals surface area contributed by atoms with Crippen LogP contribution in [0.1, 0.15) is 152 Å². The minimum Gasteiger partial charge on any atom is -0.496 e. The largest absolute Gasteiger partial charge is 0.496 e. The maximum Gasteiger partial charge on any atom is 0.322 e. The topological polar surface area (TPSA) is 264 Å². The zero-order valence-corrected chi connectivity index (χ0v) is 49.2. The summed E-state index contributed by atoms with van der Waals surface area (Å²) in [5, 5.41) is 26.4. The number of nitrogens with zero attached hydrogens (tertiary/aromatic N) is 6. The number of hydrogen-bond acceptors (Lipinski definition) is 16. The molecule has 0 saturated heterocycles. The smallest absolute Gasteiger partial charge is 0.322 e. The number of hydrogen-bond donors (Lipinski definition) is 4. The first-order valence-corrected chi connectivity index (χ1v) is 25.5. The van der Waals surface area contributed by atoms with Crippen LogP contribution in [-0.2, 0) is 21.7 Å².